The number of benzene rings is 1. The summed E-state index contributed by atoms with van der Waals surface area (Å²) in [4.78, 5) is 7.70. The van der Waals surface area contributed by atoms with E-state index >= 15 is 0 Å². The first kappa shape index (κ1) is 9.91. The third-order valence-electron chi connectivity index (χ3n) is 3.61. The molecule has 0 amide bonds. The zero-order chi connectivity index (χ0) is 12.2. The van der Waals surface area contributed by atoms with Crippen molar-refractivity contribution in [3.63, 3.8) is 0 Å². The van der Waals surface area contributed by atoms with Gasteiger partial charge in [0.2, 0.25) is 0 Å². The highest BCUT2D eigenvalue weighted by Gasteiger charge is 2.42. The molecule has 1 saturated carbocycles. The van der Waals surface area contributed by atoms with Gasteiger partial charge in [-0.1, -0.05) is 18.2 Å². The second-order valence-electron chi connectivity index (χ2n) is 4.95. The lowest BCUT2D eigenvalue weighted by Gasteiger charge is -2.02. The van der Waals surface area contributed by atoms with E-state index in [1.54, 1.807) is 6.26 Å². The van der Waals surface area contributed by atoms with Crippen molar-refractivity contribution >= 4 is 11.0 Å². The molecule has 90 valence electrons. The van der Waals surface area contributed by atoms with Gasteiger partial charge in [0.15, 0.2) is 0 Å². The van der Waals surface area contributed by atoms with E-state index in [9.17, 15) is 0 Å². The van der Waals surface area contributed by atoms with E-state index in [4.69, 9.17) is 10.2 Å². The van der Waals surface area contributed by atoms with E-state index < -0.39 is 0 Å². The molecule has 1 aliphatic rings. The maximum Gasteiger partial charge on any atom is 0.134 e. The normalized spacial score (nSPS) is 17.2. The molecule has 4 heteroatoms. The van der Waals surface area contributed by atoms with Crippen molar-refractivity contribution in [1.29, 1.82) is 0 Å². The summed E-state index contributed by atoms with van der Waals surface area (Å²) in [6.07, 6.45) is 5.61. The van der Waals surface area contributed by atoms with Crippen molar-refractivity contribution in [2.45, 2.75) is 18.4 Å². The molecule has 18 heavy (non-hydrogen) atoms. The van der Waals surface area contributed by atoms with Crippen LogP contribution in [0.1, 0.15) is 18.7 Å². The second-order valence-corrected chi connectivity index (χ2v) is 4.95. The lowest BCUT2D eigenvalue weighted by molar-refractivity contribution is 0.616. The van der Waals surface area contributed by atoms with E-state index in [-0.39, 0.29) is 5.54 Å². The SMILES string of the molecule is NC1(c2ncc(-c3coc4ccccc34)[nH]2)CC1. The van der Waals surface area contributed by atoms with Gasteiger partial charge in [-0.15, -0.1) is 0 Å². The zero-order valence-electron chi connectivity index (χ0n) is 9.81. The molecule has 3 aromatic rings. The Morgan fingerprint density at radius 1 is 1.28 bits per heavy atom. The average molecular weight is 239 g/mol. The maximum absolute atomic E-state index is 6.13. The minimum absolute atomic E-state index is 0.224. The summed E-state index contributed by atoms with van der Waals surface area (Å²) < 4.78 is 5.53. The molecule has 0 saturated heterocycles. The molecule has 4 rings (SSSR count). The highest BCUT2D eigenvalue weighted by Crippen LogP contribution is 2.41. The largest absolute Gasteiger partial charge is 0.464 e. The summed E-state index contributed by atoms with van der Waals surface area (Å²) in [5.41, 5.74) is 8.79. The van der Waals surface area contributed by atoms with Crippen LogP contribution in [0.2, 0.25) is 0 Å². The van der Waals surface area contributed by atoms with Gasteiger partial charge >= 0.3 is 0 Å². The van der Waals surface area contributed by atoms with Crippen molar-refractivity contribution in [2.24, 2.45) is 5.73 Å². The number of nitrogens with one attached hydrogen (secondary N) is 1. The van der Waals surface area contributed by atoms with Crippen molar-refractivity contribution < 1.29 is 4.42 Å². The first-order valence-electron chi connectivity index (χ1n) is 6.07. The number of imidazole rings is 1. The molecule has 0 spiro atoms. The van der Waals surface area contributed by atoms with Crippen LogP contribution in [-0.4, -0.2) is 9.97 Å². The molecule has 2 aromatic heterocycles. The Kier molecular flexibility index (Phi) is 1.78. The number of nitrogens with two attached hydrogens (primary N) is 1. The Bertz CT molecular complexity index is 721. The number of rotatable bonds is 2. The first-order chi connectivity index (χ1) is 8.76. The number of para-hydroxylation sites is 1. The predicted octanol–water partition coefficient (Wildman–Crippen LogP) is 2.77. The smallest absolute Gasteiger partial charge is 0.134 e. The fraction of sp³-hybridized carbons (Fsp3) is 0.214. The fourth-order valence-electron chi connectivity index (χ4n) is 2.27. The molecular formula is C14H13N3O. The molecule has 4 nitrogen and oxygen atoms in total. The van der Waals surface area contributed by atoms with Crippen LogP contribution in [0.15, 0.2) is 41.1 Å². The van der Waals surface area contributed by atoms with Crippen molar-refractivity contribution in [3.05, 3.63) is 42.5 Å². The van der Waals surface area contributed by atoms with Crippen LogP contribution >= 0.6 is 0 Å². The van der Waals surface area contributed by atoms with Crippen LogP contribution in [0.25, 0.3) is 22.2 Å². The highest BCUT2D eigenvalue weighted by molar-refractivity contribution is 5.92. The Morgan fingerprint density at radius 2 is 2.11 bits per heavy atom. The van der Waals surface area contributed by atoms with E-state index in [1.165, 1.54) is 0 Å². The van der Waals surface area contributed by atoms with Crippen LogP contribution < -0.4 is 5.73 Å². The number of aromatic amines is 1. The van der Waals surface area contributed by atoms with Crippen LogP contribution in [-0.2, 0) is 5.54 Å². The lowest BCUT2D eigenvalue weighted by Crippen LogP contribution is -2.20. The van der Waals surface area contributed by atoms with Gasteiger partial charge < -0.3 is 15.1 Å². The summed E-state index contributed by atoms with van der Waals surface area (Å²) in [6, 6.07) is 7.97. The Morgan fingerprint density at radius 3 is 2.94 bits per heavy atom. The Balaban J connectivity index is 1.85. The van der Waals surface area contributed by atoms with Crippen molar-refractivity contribution in [2.75, 3.05) is 0 Å². The number of H-pyrrole nitrogens is 1. The van der Waals surface area contributed by atoms with Gasteiger partial charge in [0, 0.05) is 10.9 Å². The van der Waals surface area contributed by atoms with Crippen LogP contribution in [0.4, 0.5) is 0 Å². The maximum atomic E-state index is 6.13. The molecule has 0 bridgehead atoms. The van der Waals surface area contributed by atoms with Gasteiger partial charge in [-0.05, 0) is 18.9 Å². The molecular weight excluding hydrogens is 226 g/mol. The van der Waals surface area contributed by atoms with E-state index in [2.05, 4.69) is 9.97 Å². The summed E-state index contributed by atoms with van der Waals surface area (Å²) >= 11 is 0. The zero-order valence-corrected chi connectivity index (χ0v) is 9.81. The molecule has 1 aliphatic carbocycles. The molecule has 2 heterocycles. The quantitative estimate of drug-likeness (QED) is 0.722. The summed E-state index contributed by atoms with van der Waals surface area (Å²) in [5, 5.41) is 1.09. The minimum atomic E-state index is -0.224. The monoisotopic (exact) mass is 239 g/mol. The van der Waals surface area contributed by atoms with E-state index in [1.807, 2.05) is 30.5 Å². The molecule has 0 radical (unpaired) electrons. The first-order valence-corrected chi connectivity index (χ1v) is 6.07. The van der Waals surface area contributed by atoms with Crippen LogP contribution in [0.3, 0.4) is 0 Å². The van der Waals surface area contributed by atoms with Crippen LogP contribution in [0, 0.1) is 0 Å². The fourth-order valence-corrected chi connectivity index (χ4v) is 2.27. The standard InChI is InChI=1S/C14H13N3O/c15-14(5-6-14)13-16-7-11(17-13)10-8-18-12-4-2-1-3-9(10)12/h1-4,7-8H,5-6,15H2,(H,16,17). The molecule has 0 atom stereocenters. The van der Waals surface area contributed by atoms with Crippen molar-refractivity contribution in [1.82, 2.24) is 9.97 Å². The summed E-state index contributed by atoms with van der Waals surface area (Å²) in [7, 11) is 0. The number of nitrogens with zero attached hydrogens (tertiary/aromatic N) is 1. The number of furan rings is 1. The third-order valence-corrected chi connectivity index (χ3v) is 3.61. The van der Waals surface area contributed by atoms with Gasteiger partial charge in [0.25, 0.3) is 0 Å². The molecule has 0 unspecified atom stereocenters. The molecule has 1 fully saturated rings. The van der Waals surface area contributed by atoms with Gasteiger partial charge in [-0.3, -0.25) is 0 Å². The van der Waals surface area contributed by atoms with Gasteiger partial charge in [0.05, 0.1) is 17.4 Å². The van der Waals surface area contributed by atoms with E-state index in [0.29, 0.717) is 0 Å². The third kappa shape index (κ3) is 1.32. The van der Waals surface area contributed by atoms with Gasteiger partial charge in [0.1, 0.15) is 17.7 Å². The molecule has 1 aromatic carbocycles. The Labute approximate surface area is 104 Å². The average Bonchev–Trinajstić information content (AvgIpc) is 2.86. The van der Waals surface area contributed by atoms with Gasteiger partial charge in [-0.2, -0.15) is 0 Å². The number of hydrogen-bond acceptors (Lipinski definition) is 3. The molecule has 3 N–H and O–H groups in total. The topological polar surface area (TPSA) is 67.8 Å². The summed E-state index contributed by atoms with van der Waals surface area (Å²) in [6.45, 7) is 0. The predicted molar refractivity (Wildman–Crippen MR) is 68.9 cm³/mol. The number of fused-ring (bicyclic) bond motifs is 1. The van der Waals surface area contributed by atoms with Crippen molar-refractivity contribution in [3.8, 4) is 11.3 Å². The van der Waals surface area contributed by atoms with E-state index in [0.717, 1.165) is 40.9 Å². The molecule has 0 aliphatic heterocycles. The highest BCUT2D eigenvalue weighted by atomic mass is 16.3. The van der Waals surface area contributed by atoms with Gasteiger partial charge in [-0.25, -0.2) is 4.98 Å². The number of hydrogen-bond donors (Lipinski definition) is 2. The lowest BCUT2D eigenvalue weighted by atomic mass is 10.1. The Hall–Kier alpha value is -2.07. The minimum Gasteiger partial charge on any atom is -0.464 e. The number of aromatic nitrogens is 2. The summed E-state index contributed by atoms with van der Waals surface area (Å²) in [5.74, 6) is 0.878. The second kappa shape index (κ2) is 3.23. The van der Waals surface area contributed by atoms with Crippen LogP contribution in [0.5, 0.6) is 0 Å².